The van der Waals surface area contributed by atoms with Gasteiger partial charge in [-0.3, -0.25) is 19.7 Å². The molecule has 0 atom stereocenters. The largest absolute Gasteiger partial charge is 0.573 e. The zero-order chi connectivity index (χ0) is 24.8. The van der Waals surface area contributed by atoms with Gasteiger partial charge in [0, 0.05) is 34.1 Å². The highest BCUT2D eigenvalue weighted by molar-refractivity contribution is 8.18. The lowest BCUT2D eigenvalue weighted by atomic mass is 9.83. The molecule has 178 valence electrons. The second-order valence-corrected chi connectivity index (χ2v) is 9.52. The number of nitrogens with one attached hydrogen (secondary N) is 1. The van der Waals surface area contributed by atoms with Crippen molar-refractivity contribution in [3.63, 3.8) is 0 Å². The van der Waals surface area contributed by atoms with E-state index in [9.17, 15) is 27.6 Å². The molecule has 1 N–H and O–H groups in total. The number of Topliss-reactive ketones (excluding diaryl/α,β-unsaturated/α-hetero) is 1. The molecule has 0 aliphatic carbocycles. The van der Waals surface area contributed by atoms with E-state index in [2.05, 4.69) is 10.1 Å². The maximum atomic E-state index is 13.2. The molecule has 6 nitrogen and oxygen atoms in total. The summed E-state index contributed by atoms with van der Waals surface area (Å²) in [6, 6.07) is 7.12. The summed E-state index contributed by atoms with van der Waals surface area (Å²) < 4.78 is 49.8. The van der Waals surface area contributed by atoms with Crippen molar-refractivity contribution in [3.05, 3.63) is 51.9 Å². The van der Waals surface area contributed by atoms with Crippen LogP contribution < -0.4 is 14.8 Å². The van der Waals surface area contributed by atoms with E-state index in [1.807, 2.05) is 13.8 Å². The van der Waals surface area contributed by atoms with Crippen molar-refractivity contribution in [1.29, 1.82) is 0 Å². The Morgan fingerprint density at radius 2 is 1.94 bits per heavy atom. The van der Waals surface area contributed by atoms with Gasteiger partial charge in [0.1, 0.15) is 11.5 Å². The topological polar surface area (TPSA) is 81.7 Å². The van der Waals surface area contributed by atoms with Crippen LogP contribution in [0.4, 0.5) is 18.0 Å². The number of halogens is 3. The fourth-order valence-corrected chi connectivity index (χ4v) is 4.50. The Morgan fingerprint density at radius 3 is 2.56 bits per heavy atom. The smallest absolute Gasteiger partial charge is 0.492 e. The normalized spacial score (nSPS) is 18.0. The van der Waals surface area contributed by atoms with Gasteiger partial charge in [0.25, 0.3) is 11.1 Å². The van der Waals surface area contributed by atoms with Gasteiger partial charge >= 0.3 is 6.36 Å². The monoisotopic (exact) mass is 491 g/mol. The molecule has 34 heavy (non-hydrogen) atoms. The van der Waals surface area contributed by atoms with Crippen LogP contribution in [0.3, 0.4) is 0 Å². The zero-order valence-electron chi connectivity index (χ0n) is 18.5. The van der Waals surface area contributed by atoms with Crippen molar-refractivity contribution in [2.24, 2.45) is 0 Å². The number of hydrogen-bond donors (Lipinski definition) is 1. The van der Waals surface area contributed by atoms with E-state index in [4.69, 9.17) is 4.74 Å². The van der Waals surface area contributed by atoms with Crippen molar-refractivity contribution in [3.8, 4) is 22.6 Å². The van der Waals surface area contributed by atoms with Gasteiger partial charge in [0.2, 0.25) is 0 Å². The van der Waals surface area contributed by atoms with Crippen LogP contribution in [-0.2, 0) is 10.2 Å². The number of alkyl halides is 3. The third-order valence-corrected chi connectivity index (χ3v) is 6.31. The molecule has 0 unspecified atom stereocenters. The van der Waals surface area contributed by atoms with E-state index >= 15 is 0 Å². The minimum absolute atomic E-state index is 0.0427. The second kappa shape index (κ2) is 8.50. The number of ether oxygens (including phenoxy) is 2. The number of fused-ring (bicyclic) bond motifs is 1. The Hall–Kier alpha value is -3.27. The summed E-state index contributed by atoms with van der Waals surface area (Å²) in [7, 11) is 0. The molecule has 2 aliphatic rings. The van der Waals surface area contributed by atoms with Crippen molar-refractivity contribution in [2.75, 3.05) is 6.61 Å². The number of thioether (sulfide) groups is 1. The van der Waals surface area contributed by atoms with Crippen LogP contribution in [0.2, 0.25) is 0 Å². The molecule has 2 aromatic carbocycles. The van der Waals surface area contributed by atoms with Crippen molar-refractivity contribution in [1.82, 2.24) is 5.32 Å². The van der Waals surface area contributed by atoms with E-state index in [1.54, 1.807) is 13.0 Å². The van der Waals surface area contributed by atoms with Gasteiger partial charge < -0.3 is 9.47 Å². The lowest BCUT2D eigenvalue weighted by molar-refractivity contribution is -0.274. The number of carbonyl (C=O) groups is 3. The molecular formula is C24H20F3NO5S. The van der Waals surface area contributed by atoms with Crippen LogP contribution in [0.25, 0.3) is 17.2 Å². The van der Waals surface area contributed by atoms with Crippen LogP contribution >= 0.6 is 11.8 Å². The maximum Gasteiger partial charge on any atom is 0.573 e. The summed E-state index contributed by atoms with van der Waals surface area (Å²) in [5.74, 6) is -0.863. The summed E-state index contributed by atoms with van der Waals surface area (Å²) in [4.78, 5) is 36.0. The Kier molecular flexibility index (Phi) is 5.97. The fourth-order valence-electron chi connectivity index (χ4n) is 3.82. The molecule has 0 spiro atoms. The summed E-state index contributed by atoms with van der Waals surface area (Å²) in [5, 5.41) is 1.60. The fraction of sp³-hybridized carbons (Fsp3) is 0.292. The number of benzene rings is 2. The first-order valence-corrected chi connectivity index (χ1v) is 11.2. The van der Waals surface area contributed by atoms with Crippen LogP contribution in [0.5, 0.6) is 11.5 Å². The summed E-state index contributed by atoms with van der Waals surface area (Å²) >= 11 is 0.694. The molecule has 2 heterocycles. The summed E-state index contributed by atoms with van der Waals surface area (Å²) in [6.45, 7) is 5.83. The standard InChI is InChI=1S/C24H20F3NO5S/c1-4-17(29)13-9-15(20-16(10-13)23(2,3)11-32-20)14-7-12(5-6-18(14)33-24(25,26)27)8-19-21(30)28-22(31)34-19/h5-10H,4,11H2,1-3H3,(H,28,30,31). The van der Waals surface area contributed by atoms with Gasteiger partial charge in [0.15, 0.2) is 5.78 Å². The van der Waals surface area contributed by atoms with Gasteiger partial charge in [-0.15, -0.1) is 13.2 Å². The first-order valence-electron chi connectivity index (χ1n) is 10.4. The first kappa shape index (κ1) is 23.9. The number of rotatable bonds is 5. The Balaban J connectivity index is 1.94. The molecule has 10 heteroatoms. The first-order chi connectivity index (χ1) is 15.9. The highest BCUT2D eigenvalue weighted by Crippen LogP contribution is 2.48. The summed E-state index contributed by atoms with van der Waals surface area (Å²) in [5.41, 5.74) is 1.29. The maximum absolute atomic E-state index is 13.2. The molecular weight excluding hydrogens is 471 g/mol. The van der Waals surface area contributed by atoms with Crippen molar-refractivity contribution >= 4 is 34.8 Å². The lowest BCUT2D eigenvalue weighted by Crippen LogP contribution is -2.18. The number of hydrogen-bond acceptors (Lipinski definition) is 6. The highest BCUT2D eigenvalue weighted by Gasteiger charge is 2.37. The summed E-state index contributed by atoms with van der Waals surface area (Å²) in [6.07, 6.45) is -3.34. The lowest BCUT2D eigenvalue weighted by Gasteiger charge is -2.19. The molecule has 4 rings (SSSR count). The van der Waals surface area contributed by atoms with Crippen LogP contribution in [0.1, 0.15) is 48.7 Å². The zero-order valence-corrected chi connectivity index (χ0v) is 19.3. The number of ketones is 1. The number of imide groups is 1. The van der Waals surface area contributed by atoms with Gasteiger partial charge in [-0.25, -0.2) is 0 Å². The Morgan fingerprint density at radius 1 is 1.21 bits per heavy atom. The van der Waals surface area contributed by atoms with E-state index in [0.29, 0.717) is 34.2 Å². The van der Waals surface area contributed by atoms with Gasteiger partial charge in [0.05, 0.1) is 11.5 Å². The molecule has 2 aromatic rings. The molecule has 0 saturated carbocycles. The number of carbonyl (C=O) groups excluding carboxylic acids is 3. The third kappa shape index (κ3) is 4.68. The van der Waals surface area contributed by atoms with E-state index in [0.717, 1.165) is 6.07 Å². The van der Waals surface area contributed by atoms with Gasteiger partial charge in [-0.1, -0.05) is 26.8 Å². The van der Waals surface area contributed by atoms with Crippen LogP contribution in [0.15, 0.2) is 35.2 Å². The van der Waals surface area contributed by atoms with Gasteiger partial charge in [-0.05, 0) is 47.7 Å². The highest BCUT2D eigenvalue weighted by atomic mass is 32.2. The molecule has 1 fully saturated rings. The van der Waals surface area contributed by atoms with Gasteiger partial charge in [-0.2, -0.15) is 0 Å². The van der Waals surface area contributed by atoms with Crippen molar-refractivity contribution in [2.45, 2.75) is 39.0 Å². The predicted octanol–water partition coefficient (Wildman–Crippen LogP) is 5.84. The quantitative estimate of drug-likeness (QED) is 0.418. The van der Waals surface area contributed by atoms with Crippen LogP contribution in [-0.4, -0.2) is 29.9 Å². The minimum Gasteiger partial charge on any atom is -0.492 e. The average Bonchev–Trinajstić information content (AvgIpc) is 3.24. The second-order valence-electron chi connectivity index (χ2n) is 8.51. The molecule has 0 radical (unpaired) electrons. The molecule has 0 bridgehead atoms. The molecule has 2 amide bonds. The molecule has 2 aliphatic heterocycles. The van der Waals surface area contributed by atoms with E-state index in [1.165, 1.54) is 24.3 Å². The molecule has 0 aromatic heterocycles. The SMILES string of the molecule is CCC(=O)c1cc(-c2cc(C=C3SC(=O)NC3=O)ccc2OC(F)(F)F)c2c(c1)C(C)(C)CO2. The Labute approximate surface area is 197 Å². The average molecular weight is 491 g/mol. The third-order valence-electron chi connectivity index (χ3n) is 5.50. The number of amides is 2. The minimum atomic E-state index is -4.96. The van der Waals surface area contributed by atoms with E-state index in [-0.39, 0.29) is 34.8 Å². The Bertz CT molecular complexity index is 1250. The van der Waals surface area contributed by atoms with E-state index < -0.39 is 28.7 Å². The van der Waals surface area contributed by atoms with Crippen molar-refractivity contribution < 1.29 is 37.0 Å². The molecule has 1 saturated heterocycles. The van der Waals surface area contributed by atoms with Crippen LogP contribution in [0, 0.1) is 0 Å². The predicted molar refractivity (Wildman–Crippen MR) is 121 cm³/mol.